The summed E-state index contributed by atoms with van der Waals surface area (Å²) in [5.41, 5.74) is 7.71. The molecule has 4 nitrogen and oxygen atoms in total. The van der Waals surface area contributed by atoms with E-state index in [4.69, 9.17) is 10.5 Å². The Balaban J connectivity index is 2.53. The number of para-hydroxylation sites is 1. The molecule has 0 unspecified atom stereocenters. The molecule has 0 saturated heterocycles. The Labute approximate surface area is 109 Å². The fourth-order valence-corrected chi connectivity index (χ4v) is 1.74. The molecule has 0 aliphatic carbocycles. The summed E-state index contributed by atoms with van der Waals surface area (Å²) in [5.74, 6) is -0.344. The van der Waals surface area contributed by atoms with E-state index in [0.717, 1.165) is 25.2 Å². The predicted molar refractivity (Wildman–Crippen MR) is 73.7 cm³/mol. The van der Waals surface area contributed by atoms with Gasteiger partial charge in [-0.3, -0.25) is 0 Å². The van der Waals surface area contributed by atoms with Crippen LogP contribution in [0, 0.1) is 6.92 Å². The maximum atomic E-state index is 11.9. The molecule has 0 saturated carbocycles. The van der Waals surface area contributed by atoms with Crippen LogP contribution in [0.1, 0.15) is 29.8 Å². The smallest absolute Gasteiger partial charge is 0.340 e. The van der Waals surface area contributed by atoms with Gasteiger partial charge in [0.1, 0.15) is 6.61 Å². The summed E-state index contributed by atoms with van der Waals surface area (Å²) in [6.07, 6.45) is 0. The van der Waals surface area contributed by atoms with Crippen LogP contribution in [0.3, 0.4) is 0 Å². The van der Waals surface area contributed by atoms with Crippen molar-refractivity contribution in [1.29, 1.82) is 0 Å². The number of carbonyl (C=O) groups is 1. The lowest BCUT2D eigenvalue weighted by Crippen LogP contribution is -2.28. The number of nitrogens with two attached hydrogens (primary N) is 1. The Bertz CT molecular complexity index is 401. The number of nitrogen functional groups attached to an aromatic ring is 1. The summed E-state index contributed by atoms with van der Waals surface area (Å²) in [7, 11) is 0. The average Bonchev–Trinajstić information content (AvgIpc) is 2.37. The van der Waals surface area contributed by atoms with Gasteiger partial charge in [-0.1, -0.05) is 26.0 Å². The summed E-state index contributed by atoms with van der Waals surface area (Å²) in [6.45, 7) is 9.12. The normalized spacial score (nSPS) is 10.7. The summed E-state index contributed by atoms with van der Waals surface area (Å²) in [5, 5.41) is 0. The first-order valence-electron chi connectivity index (χ1n) is 6.34. The van der Waals surface area contributed by atoms with E-state index in [1.165, 1.54) is 0 Å². The van der Waals surface area contributed by atoms with E-state index in [1.54, 1.807) is 6.07 Å². The molecule has 1 aromatic rings. The molecule has 4 heteroatoms. The monoisotopic (exact) mass is 250 g/mol. The van der Waals surface area contributed by atoms with E-state index in [9.17, 15) is 4.79 Å². The highest BCUT2D eigenvalue weighted by Crippen LogP contribution is 2.17. The average molecular weight is 250 g/mol. The van der Waals surface area contributed by atoms with Gasteiger partial charge >= 0.3 is 5.97 Å². The summed E-state index contributed by atoms with van der Waals surface area (Å²) >= 11 is 0. The van der Waals surface area contributed by atoms with Gasteiger partial charge in [-0.05, 0) is 31.6 Å². The van der Waals surface area contributed by atoms with E-state index in [2.05, 4.69) is 18.7 Å². The second-order valence-corrected chi connectivity index (χ2v) is 4.20. The van der Waals surface area contributed by atoms with Gasteiger partial charge in [-0.2, -0.15) is 0 Å². The second kappa shape index (κ2) is 7.01. The molecule has 0 spiro atoms. The third-order valence-electron chi connectivity index (χ3n) is 3.08. The molecule has 0 aliphatic heterocycles. The van der Waals surface area contributed by atoms with Crippen molar-refractivity contribution in [3.05, 3.63) is 29.3 Å². The molecule has 0 fully saturated rings. The van der Waals surface area contributed by atoms with Crippen LogP contribution in [0.2, 0.25) is 0 Å². The fourth-order valence-electron chi connectivity index (χ4n) is 1.74. The summed E-state index contributed by atoms with van der Waals surface area (Å²) < 4.78 is 5.24. The van der Waals surface area contributed by atoms with E-state index in [0.29, 0.717) is 17.9 Å². The molecule has 0 amide bonds. The van der Waals surface area contributed by atoms with Crippen LogP contribution in [0.4, 0.5) is 5.69 Å². The fraction of sp³-hybridized carbons (Fsp3) is 0.500. The van der Waals surface area contributed by atoms with Gasteiger partial charge in [0.15, 0.2) is 0 Å². The Kier molecular flexibility index (Phi) is 5.65. The largest absolute Gasteiger partial charge is 0.461 e. The summed E-state index contributed by atoms with van der Waals surface area (Å²) in [4.78, 5) is 14.1. The molecule has 0 aromatic heterocycles. The van der Waals surface area contributed by atoms with Crippen LogP contribution in [0.15, 0.2) is 18.2 Å². The van der Waals surface area contributed by atoms with Gasteiger partial charge in [0, 0.05) is 12.2 Å². The number of aryl methyl sites for hydroxylation is 1. The van der Waals surface area contributed by atoms with Gasteiger partial charge in [0.2, 0.25) is 0 Å². The Hall–Kier alpha value is -1.55. The predicted octanol–water partition coefficient (Wildman–Crippen LogP) is 2.08. The number of ether oxygens (including phenoxy) is 1. The number of hydrogen-bond donors (Lipinski definition) is 1. The first-order chi connectivity index (χ1) is 8.60. The number of hydrogen-bond acceptors (Lipinski definition) is 4. The van der Waals surface area contributed by atoms with Crippen LogP contribution in [0.5, 0.6) is 0 Å². The van der Waals surface area contributed by atoms with Crippen LogP contribution in [-0.2, 0) is 4.74 Å². The Morgan fingerprint density at radius 1 is 1.33 bits per heavy atom. The molecule has 18 heavy (non-hydrogen) atoms. The first-order valence-corrected chi connectivity index (χ1v) is 6.34. The van der Waals surface area contributed by atoms with Crippen LogP contribution in [-0.4, -0.2) is 37.1 Å². The molecule has 0 heterocycles. The van der Waals surface area contributed by atoms with E-state index in [1.807, 2.05) is 19.1 Å². The molecule has 0 bridgehead atoms. The van der Waals surface area contributed by atoms with Gasteiger partial charge in [-0.15, -0.1) is 0 Å². The third-order valence-corrected chi connectivity index (χ3v) is 3.08. The zero-order valence-electron chi connectivity index (χ0n) is 11.4. The topological polar surface area (TPSA) is 55.6 Å². The molecule has 1 aromatic carbocycles. The highest BCUT2D eigenvalue weighted by molar-refractivity contribution is 5.95. The number of esters is 1. The van der Waals surface area contributed by atoms with Crippen LogP contribution < -0.4 is 5.73 Å². The number of anilines is 1. The highest BCUT2D eigenvalue weighted by Gasteiger charge is 2.12. The Morgan fingerprint density at radius 2 is 2.00 bits per heavy atom. The van der Waals surface area contributed by atoms with Crippen molar-refractivity contribution in [2.45, 2.75) is 20.8 Å². The number of benzene rings is 1. The molecule has 0 atom stereocenters. The number of carbonyl (C=O) groups excluding carboxylic acids is 1. The van der Waals surface area contributed by atoms with Crippen molar-refractivity contribution < 1.29 is 9.53 Å². The van der Waals surface area contributed by atoms with E-state index >= 15 is 0 Å². The number of likely N-dealkylation sites (N-methyl/N-ethyl adjacent to an activating group) is 1. The zero-order chi connectivity index (χ0) is 13.5. The van der Waals surface area contributed by atoms with Crippen molar-refractivity contribution in [3.63, 3.8) is 0 Å². The van der Waals surface area contributed by atoms with Crippen LogP contribution >= 0.6 is 0 Å². The molecule has 2 N–H and O–H groups in total. The van der Waals surface area contributed by atoms with Crippen LogP contribution in [0.25, 0.3) is 0 Å². The van der Waals surface area contributed by atoms with Crippen molar-refractivity contribution in [2.75, 3.05) is 32.0 Å². The molecule has 0 aliphatic rings. The van der Waals surface area contributed by atoms with Crippen molar-refractivity contribution in [1.82, 2.24) is 4.90 Å². The standard InChI is InChI=1S/C14H22N2O2/c1-4-16(5-2)9-10-18-14(17)12-8-6-7-11(3)13(12)15/h6-8H,4-5,9-10,15H2,1-3H3. The molecule has 0 radical (unpaired) electrons. The lowest BCUT2D eigenvalue weighted by Gasteiger charge is -2.17. The van der Waals surface area contributed by atoms with Gasteiger partial charge in [0.05, 0.1) is 5.56 Å². The minimum Gasteiger partial charge on any atom is -0.461 e. The van der Waals surface area contributed by atoms with E-state index in [-0.39, 0.29) is 5.97 Å². The molecule has 1 rings (SSSR count). The summed E-state index contributed by atoms with van der Waals surface area (Å²) in [6, 6.07) is 5.39. The number of rotatable bonds is 6. The van der Waals surface area contributed by atoms with Gasteiger partial charge in [-0.25, -0.2) is 4.79 Å². The highest BCUT2D eigenvalue weighted by atomic mass is 16.5. The quantitative estimate of drug-likeness (QED) is 0.620. The molecule has 100 valence electrons. The third kappa shape index (κ3) is 3.74. The molecular formula is C14H22N2O2. The number of nitrogens with zero attached hydrogens (tertiary/aromatic N) is 1. The van der Waals surface area contributed by atoms with Crippen molar-refractivity contribution in [2.24, 2.45) is 0 Å². The first kappa shape index (κ1) is 14.5. The lowest BCUT2D eigenvalue weighted by molar-refractivity contribution is 0.0467. The Morgan fingerprint density at radius 3 is 2.61 bits per heavy atom. The van der Waals surface area contributed by atoms with Crippen molar-refractivity contribution in [3.8, 4) is 0 Å². The minimum atomic E-state index is -0.344. The molecular weight excluding hydrogens is 228 g/mol. The second-order valence-electron chi connectivity index (χ2n) is 4.20. The van der Waals surface area contributed by atoms with Crippen molar-refractivity contribution >= 4 is 11.7 Å². The minimum absolute atomic E-state index is 0.344. The maximum absolute atomic E-state index is 11.9. The lowest BCUT2D eigenvalue weighted by atomic mass is 10.1. The van der Waals surface area contributed by atoms with Gasteiger partial charge < -0.3 is 15.4 Å². The SMILES string of the molecule is CCN(CC)CCOC(=O)c1cccc(C)c1N. The van der Waals surface area contributed by atoms with E-state index < -0.39 is 0 Å². The zero-order valence-corrected chi connectivity index (χ0v) is 11.4. The maximum Gasteiger partial charge on any atom is 0.340 e. The van der Waals surface area contributed by atoms with Gasteiger partial charge in [0.25, 0.3) is 0 Å².